The Bertz CT molecular complexity index is 398. The highest BCUT2D eigenvalue weighted by atomic mass is 19.3. The van der Waals surface area contributed by atoms with Gasteiger partial charge in [-0.15, -0.1) is 0 Å². The maximum absolute atomic E-state index is 13.1. The van der Waals surface area contributed by atoms with E-state index in [-0.39, 0.29) is 18.7 Å². The van der Waals surface area contributed by atoms with Crippen molar-refractivity contribution in [3.63, 3.8) is 0 Å². The molecule has 15 heavy (non-hydrogen) atoms. The van der Waals surface area contributed by atoms with Crippen molar-refractivity contribution in [1.29, 1.82) is 0 Å². The Morgan fingerprint density at radius 2 is 2.33 bits per heavy atom. The third kappa shape index (κ3) is 1.86. The normalized spacial score (nSPS) is 18.3. The molecule has 0 atom stereocenters. The minimum Gasteiger partial charge on any atom is -0.354 e. The first-order valence-electron chi connectivity index (χ1n) is 4.82. The van der Waals surface area contributed by atoms with Gasteiger partial charge in [-0.3, -0.25) is 4.79 Å². The number of nitrogens with one attached hydrogen (secondary N) is 2. The van der Waals surface area contributed by atoms with E-state index >= 15 is 0 Å². The standard InChI is InChI=1S/C10H12F2N2O/c1-13-9(15)8-4-6-5-10(11,12)3-2-7(6)14-8/h4,14H,2-3,5H2,1H3,(H,13,15). The van der Waals surface area contributed by atoms with Gasteiger partial charge in [0.1, 0.15) is 5.69 Å². The smallest absolute Gasteiger partial charge is 0.267 e. The predicted octanol–water partition coefficient (Wildman–Crippen LogP) is 1.50. The first-order chi connectivity index (χ1) is 7.02. The molecule has 5 heteroatoms. The number of rotatable bonds is 1. The highest BCUT2D eigenvalue weighted by Gasteiger charge is 2.35. The fraction of sp³-hybridized carbons (Fsp3) is 0.500. The van der Waals surface area contributed by atoms with Crippen LogP contribution in [0.3, 0.4) is 0 Å². The van der Waals surface area contributed by atoms with Gasteiger partial charge in [-0.05, 0) is 18.1 Å². The zero-order valence-electron chi connectivity index (χ0n) is 8.36. The maximum atomic E-state index is 13.1. The molecule has 2 N–H and O–H groups in total. The summed E-state index contributed by atoms with van der Waals surface area (Å²) in [7, 11) is 1.51. The van der Waals surface area contributed by atoms with Crippen molar-refractivity contribution >= 4 is 5.91 Å². The van der Waals surface area contributed by atoms with E-state index in [0.29, 0.717) is 17.7 Å². The molecular formula is C10H12F2N2O. The Morgan fingerprint density at radius 1 is 1.60 bits per heavy atom. The number of fused-ring (bicyclic) bond motifs is 1. The topological polar surface area (TPSA) is 44.9 Å². The Morgan fingerprint density at radius 3 is 3.00 bits per heavy atom. The molecule has 0 aliphatic heterocycles. The van der Waals surface area contributed by atoms with Crippen LogP contribution in [0.15, 0.2) is 6.07 Å². The summed E-state index contributed by atoms with van der Waals surface area (Å²) in [4.78, 5) is 14.1. The molecule has 0 bridgehead atoms. The van der Waals surface area contributed by atoms with Crippen LogP contribution >= 0.6 is 0 Å². The lowest BCUT2D eigenvalue weighted by Gasteiger charge is -2.21. The van der Waals surface area contributed by atoms with Crippen molar-refractivity contribution in [3.8, 4) is 0 Å². The van der Waals surface area contributed by atoms with E-state index < -0.39 is 5.92 Å². The zero-order chi connectivity index (χ0) is 11.1. The Labute approximate surface area is 85.9 Å². The van der Waals surface area contributed by atoms with Crippen LogP contribution in [0.5, 0.6) is 0 Å². The quantitative estimate of drug-likeness (QED) is 0.731. The third-order valence-corrected chi connectivity index (χ3v) is 2.65. The number of carbonyl (C=O) groups is 1. The summed E-state index contributed by atoms with van der Waals surface area (Å²) in [6.07, 6.45) is -0.108. The molecule has 0 aromatic carbocycles. The van der Waals surface area contributed by atoms with Crippen LogP contribution in [0.25, 0.3) is 0 Å². The lowest BCUT2D eigenvalue weighted by molar-refractivity contribution is -0.0124. The first kappa shape index (κ1) is 10.1. The van der Waals surface area contributed by atoms with E-state index in [1.165, 1.54) is 13.1 Å². The number of aromatic nitrogens is 1. The Kier molecular flexibility index (Phi) is 2.25. The second-order valence-corrected chi connectivity index (χ2v) is 3.80. The van der Waals surface area contributed by atoms with E-state index in [9.17, 15) is 13.6 Å². The number of aryl methyl sites for hydroxylation is 1. The molecule has 1 amide bonds. The van der Waals surface area contributed by atoms with Crippen LogP contribution < -0.4 is 5.32 Å². The highest BCUT2D eigenvalue weighted by molar-refractivity contribution is 5.92. The molecule has 0 fully saturated rings. The Balaban J connectivity index is 2.29. The van der Waals surface area contributed by atoms with E-state index in [4.69, 9.17) is 0 Å². The van der Waals surface area contributed by atoms with Gasteiger partial charge < -0.3 is 10.3 Å². The van der Waals surface area contributed by atoms with Gasteiger partial charge >= 0.3 is 0 Å². The molecule has 3 nitrogen and oxygen atoms in total. The van der Waals surface area contributed by atoms with Crippen LogP contribution in [-0.2, 0) is 12.8 Å². The molecule has 1 aliphatic rings. The molecule has 1 heterocycles. The fourth-order valence-corrected chi connectivity index (χ4v) is 1.85. The van der Waals surface area contributed by atoms with Gasteiger partial charge in [0.2, 0.25) is 0 Å². The lowest BCUT2D eigenvalue weighted by Crippen LogP contribution is -2.25. The zero-order valence-corrected chi connectivity index (χ0v) is 8.36. The fourth-order valence-electron chi connectivity index (χ4n) is 1.85. The summed E-state index contributed by atoms with van der Waals surface area (Å²) in [5, 5.41) is 2.45. The van der Waals surface area contributed by atoms with Gasteiger partial charge in [-0.25, -0.2) is 8.78 Å². The predicted molar refractivity (Wildman–Crippen MR) is 51.2 cm³/mol. The number of alkyl halides is 2. The lowest BCUT2D eigenvalue weighted by atomic mass is 9.95. The van der Waals surface area contributed by atoms with Crippen molar-refractivity contribution in [2.75, 3.05) is 7.05 Å². The van der Waals surface area contributed by atoms with Crippen molar-refractivity contribution in [1.82, 2.24) is 10.3 Å². The van der Waals surface area contributed by atoms with E-state index in [2.05, 4.69) is 10.3 Å². The minimum atomic E-state index is -2.63. The van der Waals surface area contributed by atoms with Gasteiger partial charge in [0.25, 0.3) is 11.8 Å². The Hall–Kier alpha value is -1.39. The summed E-state index contributed by atoms with van der Waals surface area (Å²) in [6, 6.07) is 1.52. The molecular weight excluding hydrogens is 202 g/mol. The van der Waals surface area contributed by atoms with Gasteiger partial charge in [0.15, 0.2) is 0 Å². The van der Waals surface area contributed by atoms with Crippen molar-refractivity contribution in [2.45, 2.75) is 25.2 Å². The van der Waals surface area contributed by atoms with E-state index in [1.807, 2.05) is 0 Å². The van der Waals surface area contributed by atoms with Gasteiger partial charge in [0.05, 0.1) is 0 Å². The summed E-state index contributed by atoms with van der Waals surface area (Å²) in [5.41, 5.74) is 1.68. The SMILES string of the molecule is CNC(=O)c1cc2c([nH]1)CCC(F)(F)C2. The highest BCUT2D eigenvalue weighted by Crippen LogP contribution is 2.32. The number of hydrogen-bond donors (Lipinski definition) is 2. The average molecular weight is 214 g/mol. The summed E-state index contributed by atoms with van der Waals surface area (Å²) in [5.74, 6) is -2.90. The van der Waals surface area contributed by atoms with Crippen molar-refractivity contribution < 1.29 is 13.6 Å². The molecule has 82 valence electrons. The third-order valence-electron chi connectivity index (χ3n) is 2.65. The molecule has 2 rings (SSSR count). The minimum absolute atomic E-state index is 0.145. The van der Waals surface area contributed by atoms with E-state index in [0.717, 1.165) is 5.69 Å². The molecule has 0 saturated heterocycles. The number of aromatic amines is 1. The summed E-state index contributed by atoms with van der Waals surface area (Å²) in [6.45, 7) is 0. The first-order valence-corrected chi connectivity index (χ1v) is 4.82. The maximum Gasteiger partial charge on any atom is 0.267 e. The van der Waals surface area contributed by atoms with Crippen LogP contribution in [0.4, 0.5) is 8.78 Å². The molecule has 1 aromatic heterocycles. The molecule has 0 unspecified atom stereocenters. The molecule has 1 aliphatic carbocycles. The van der Waals surface area contributed by atoms with Crippen LogP contribution in [-0.4, -0.2) is 23.9 Å². The second-order valence-electron chi connectivity index (χ2n) is 3.80. The number of carbonyl (C=O) groups excluding carboxylic acids is 1. The molecule has 0 spiro atoms. The van der Waals surface area contributed by atoms with Gasteiger partial charge in [-0.2, -0.15) is 0 Å². The van der Waals surface area contributed by atoms with Crippen LogP contribution in [0.2, 0.25) is 0 Å². The van der Waals surface area contributed by atoms with Crippen molar-refractivity contribution in [2.24, 2.45) is 0 Å². The molecule has 0 radical (unpaired) electrons. The number of H-pyrrole nitrogens is 1. The monoisotopic (exact) mass is 214 g/mol. The van der Waals surface area contributed by atoms with Crippen LogP contribution in [0, 0.1) is 0 Å². The second kappa shape index (κ2) is 3.32. The van der Waals surface area contributed by atoms with Crippen LogP contribution in [0.1, 0.15) is 28.2 Å². The molecule has 0 saturated carbocycles. The molecule has 1 aromatic rings. The van der Waals surface area contributed by atoms with Gasteiger partial charge in [0, 0.05) is 25.6 Å². The van der Waals surface area contributed by atoms with E-state index in [1.54, 1.807) is 0 Å². The van der Waals surface area contributed by atoms with Crippen molar-refractivity contribution in [3.05, 3.63) is 23.0 Å². The summed E-state index contributed by atoms with van der Waals surface area (Å²) < 4.78 is 26.1. The number of amides is 1. The van der Waals surface area contributed by atoms with Gasteiger partial charge in [-0.1, -0.05) is 0 Å². The average Bonchev–Trinajstić information content (AvgIpc) is 2.57. The number of hydrogen-bond acceptors (Lipinski definition) is 1. The largest absolute Gasteiger partial charge is 0.354 e. The summed E-state index contributed by atoms with van der Waals surface area (Å²) >= 11 is 0. The number of halogens is 2.